The number of nitrogens with zero attached hydrogens (tertiary/aromatic N) is 3. The fraction of sp³-hybridized carbons (Fsp3) is 0.417. The van der Waals surface area contributed by atoms with Gasteiger partial charge in [0.1, 0.15) is 5.15 Å². The van der Waals surface area contributed by atoms with Crippen LogP contribution in [0, 0.1) is 12.8 Å². The van der Waals surface area contributed by atoms with E-state index in [-0.39, 0.29) is 28.4 Å². The molecule has 8 nitrogen and oxygen atoms in total. The van der Waals surface area contributed by atoms with Crippen molar-refractivity contribution < 1.29 is 4.79 Å². The van der Waals surface area contributed by atoms with Crippen LogP contribution in [-0.2, 0) is 7.05 Å². The third kappa shape index (κ3) is 5.31. The van der Waals surface area contributed by atoms with Crippen molar-refractivity contribution in [3.05, 3.63) is 56.6 Å². The number of pyridine rings is 1. The van der Waals surface area contributed by atoms with E-state index in [9.17, 15) is 9.59 Å². The first-order valence-electron chi connectivity index (χ1n) is 11.3. The first kappa shape index (κ1) is 24.3. The monoisotopic (exact) mass is 500 g/mol. The van der Waals surface area contributed by atoms with E-state index in [4.69, 9.17) is 16.6 Å². The van der Waals surface area contributed by atoms with Crippen molar-refractivity contribution >= 4 is 52.0 Å². The zero-order chi connectivity index (χ0) is 24.4. The van der Waals surface area contributed by atoms with Crippen LogP contribution in [0.4, 0.5) is 11.6 Å². The van der Waals surface area contributed by atoms with E-state index in [1.54, 1.807) is 30.0 Å². The van der Waals surface area contributed by atoms with Gasteiger partial charge in [-0.1, -0.05) is 42.5 Å². The van der Waals surface area contributed by atoms with Gasteiger partial charge in [0.15, 0.2) is 5.69 Å². The third-order valence-corrected chi connectivity index (χ3v) is 6.60. The Bertz CT molecular complexity index is 1290. The Morgan fingerprint density at radius 2 is 2.06 bits per heavy atom. The highest BCUT2D eigenvalue weighted by atomic mass is 35.5. The van der Waals surface area contributed by atoms with E-state index in [1.807, 2.05) is 26.0 Å². The van der Waals surface area contributed by atoms with Gasteiger partial charge in [-0.25, -0.2) is 9.97 Å². The van der Waals surface area contributed by atoms with Gasteiger partial charge in [-0.2, -0.15) is 0 Å². The molecule has 4 rings (SSSR count). The molecule has 1 aliphatic rings. The highest BCUT2D eigenvalue weighted by Crippen LogP contribution is 2.32. The first-order chi connectivity index (χ1) is 16.3. The Labute approximate surface area is 208 Å². The Morgan fingerprint density at radius 3 is 2.76 bits per heavy atom. The third-order valence-electron chi connectivity index (χ3n) is 6.00. The number of carbonyl (C=O) groups is 1. The van der Waals surface area contributed by atoms with E-state index in [0.717, 1.165) is 30.0 Å². The van der Waals surface area contributed by atoms with Crippen LogP contribution in [0.25, 0.3) is 10.9 Å². The molecule has 1 aromatic carbocycles. The normalized spacial score (nSPS) is 14.1. The van der Waals surface area contributed by atoms with Crippen molar-refractivity contribution in [1.82, 2.24) is 19.3 Å². The molecule has 34 heavy (non-hydrogen) atoms. The largest absolute Gasteiger partial charge is 0.377 e. The van der Waals surface area contributed by atoms with Gasteiger partial charge < -0.3 is 10.6 Å². The van der Waals surface area contributed by atoms with Gasteiger partial charge in [-0.05, 0) is 49.9 Å². The van der Waals surface area contributed by atoms with E-state index < -0.39 is 0 Å². The number of amides is 1. The number of benzene rings is 1. The predicted molar refractivity (Wildman–Crippen MR) is 140 cm³/mol. The van der Waals surface area contributed by atoms with Gasteiger partial charge in [-0.3, -0.25) is 18.9 Å². The summed E-state index contributed by atoms with van der Waals surface area (Å²) in [5.74, 6) is 1.01. The van der Waals surface area contributed by atoms with Crippen molar-refractivity contribution in [3.8, 4) is 0 Å². The van der Waals surface area contributed by atoms with Gasteiger partial charge in [0.05, 0.1) is 22.6 Å². The maximum Gasteiger partial charge on any atom is 0.281 e. The number of aromatic nitrogens is 3. The minimum absolute atomic E-state index is 0.0933. The molecule has 0 radical (unpaired) electrons. The summed E-state index contributed by atoms with van der Waals surface area (Å²) in [5.41, 5.74) is 3.12. The predicted octanol–water partition coefficient (Wildman–Crippen LogP) is 4.68. The molecule has 180 valence electrons. The van der Waals surface area contributed by atoms with Crippen LogP contribution in [0.1, 0.15) is 53.8 Å². The number of anilines is 2. The number of halogens is 1. The Morgan fingerprint density at radius 1 is 1.29 bits per heavy atom. The molecule has 10 heteroatoms. The van der Waals surface area contributed by atoms with E-state index in [2.05, 4.69) is 20.3 Å². The number of aryl methyl sites for hydroxylation is 1. The summed E-state index contributed by atoms with van der Waals surface area (Å²) in [6.07, 6.45) is 5.42. The second-order valence-electron chi connectivity index (χ2n) is 8.74. The molecule has 2 aromatic heterocycles. The Kier molecular flexibility index (Phi) is 7.33. The minimum atomic E-state index is -0.340. The molecule has 3 N–H and O–H groups in total. The Hall–Kier alpha value is -2.78. The van der Waals surface area contributed by atoms with Crippen LogP contribution in [0.5, 0.6) is 0 Å². The zero-order valence-electron chi connectivity index (χ0n) is 19.7. The van der Waals surface area contributed by atoms with Crippen molar-refractivity contribution in [2.45, 2.75) is 39.2 Å². The van der Waals surface area contributed by atoms with Gasteiger partial charge >= 0.3 is 0 Å². The van der Waals surface area contributed by atoms with Crippen molar-refractivity contribution in [2.75, 3.05) is 23.4 Å². The van der Waals surface area contributed by atoms with Crippen LogP contribution >= 0.6 is 23.5 Å². The summed E-state index contributed by atoms with van der Waals surface area (Å²) in [6.45, 7) is 4.71. The van der Waals surface area contributed by atoms with Gasteiger partial charge in [0, 0.05) is 25.4 Å². The number of rotatable bonds is 9. The SMILES string of the molecule is CSNC(=O)c1nc(Cl)ccc1NC(C)c1cc(C)cc2c(=O)n(C)c(NCCC3CC3)nc12. The van der Waals surface area contributed by atoms with Gasteiger partial charge in [0.25, 0.3) is 11.5 Å². The second kappa shape index (κ2) is 10.2. The second-order valence-corrected chi connectivity index (χ2v) is 9.74. The lowest BCUT2D eigenvalue weighted by Gasteiger charge is -2.20. The highest BCUT2D eigenvalue weighted by Gasteiger charge is 2.22. The van der Waals surface area contributed by atoms with Crippen LogP contribution in [0.2, 0.25) is 5.15 Å². The van der Waals surface area contributed by atoms with Crippen molar-refractivity contribution in [1.29, 1.82) is 0 Å². The molecule has 1 unspecified atom stereocenters. The first-order valence-corrected chi connectivity index (χ1v) is 12.9. The molecule has 1 aliphatic carbocycles. The lowest BCUT2D eigenvalue weighted by atomic mass is 10.0. The van der Waals surface area contributed by atoms with E-state index in [1.165, 1.54) is 24.8 Å². The Balaban J connectivity index is 1.71. The summed E-state index contributed by atoms with van der Waals surface area (Å²) in [4.78, 5) is 34.8. The summed E-state index contributed by atoms with van der Waals surface area (Å²) in [6, 6.07) is 7.00. The summed E-state index contributed by atoms with van der Waals surface area (Å²) in [7, 11) is 1.74. The molecule has 0 saturated heterocycles. The molecule has 3 aromatic rings. The lowest BCUT2D eigenvalue weighted by molar-refractivity contribution is 0.0980. The van der Waals surface area contributed by atoms with Crippen LogP contribution in [-0.4, -0.2) is 33.2 Å². The molecule has 1 fully saturated rings. The number of nitrogens with one attached hydrogen (secondary N) is 3. The summed E-state index contributed by atoms with van der Waals surface area (Å²) < 4.78 is 4.26. The molecule has 0 bridgehead atoms. The van der Waals surface area contributed by atoms with E-state index in [0.29, 0.717) is 22.5 Å². The van der Waals surface area contributed by atoms with Gasteiger partial charge in [0.2, 0.25) is 5.95 Å². The molecule has 0 aliphatic heterocycles. The smallest absolute Gasteiger partial charge is 0.281 e. The van der Waals surface area contributed by atoms with Crippen LogP contribution < -0.4 is 20.9 Å². The summed E-state index contributed by atoms with van der Waals surface area (Å²) in [5, 5.41) is 7.51. The maximum absolute atomic E-state index is 13.2. The van der Waals surface area contributed by atoms with E-state index >= 15 is 0 Å². The molecule has 1 amide bonds. The quantitative estimate of drug-likeness (QED) is 0.289. The fourth-order valence-electron chi connectivity index (χ4n) is 4.01. The summed E-state index contributed by atoms with van der Waals surface area (Å²) >= 11 is 7.24. The average Bonchev–Trinajstić information content (AvgIpc) is 3.63. The standard InChI is InChI=1S/C24H29ClN6O2S/c1-13-11-16(14(2)27-18-7-8-19(25)28-21(18)22(32)30-34-4)20-17(12-13)23(33)31(3)24(29-20)26-10-9-15-5-6-15/h7-8,11-12,14-15,27H,5-6,9-10H2,1-4H3,(H,26,29)(H,30,32). The number of hydrogen-bond donors (Lipinski definition) is 3. The molecule has 1 saturated carbocycles. The topological polar surface area (TPSA) is 101 Å². The number of carbonyl (C=O) groups excluding carboxylic acids is 1. The molecule has 1 atom stereocenters. The molecule has 0 spiro atoms. The maximum atomic E-state index is 13.2. The lowest BCUT2D eigenvalue weighted by Crippen LogP contribution is -2.24. The molecular formula is C24H29ClN6O2S. The molecular weight excluding hydrogens is 472 g/mol. The fourth-order valence-corrected chi connectivity index (χ4v) is 4.44. The molecule has 2 heterocycles. The van der Waals surface area contributed by atoms with Crippen LogP contribution in [0.3, 0.4) is 0 Å². The number of hydrogen-bond acceptors (Lipinski definition) is 7. The minimum Gasteiger partial charge on any atom is -0.377 e. The van der Waals surface area contributed by atoms with Crippen molar-refractivity contribution in [3.63, 3.8) is 0 Å². The number of fused-ring (bicyclic) bond motifs is 1. The van der Waals surface area contributed by atoms with Crippen LogP contribution in [0.15, 0.2) is 29.1 Å². The van der Waals surface area contributed by atoms with Gasteiger partial charge in [-0.15, -0.1) is 0 Å². The van der Waals surface area contributed by atoms with Crippen molar-refractivity contribution in [2.24, 2.45) is 13.0 Å². The highest BCUT2D eigenvalue weighted by molar-refractivity contribution is 7.97. The average molecular weight is 501 g/mol. The zero-order valence-corrected chi connectivity index (χ0v) is 21.3.